The monoisotopic (exact) mass is 468 g/mol. The van der Waals surface area contributed by atoms with Gasteiger partial charge in [-0.2, -0.15) is 13.2 Å². The van der Waals surface area contributed by atoms with Crippen LogP contribution < -0.4 is 0 Å². The summed E-state index contributed by atoms with van der Waals surface area (Å²) in [5.74, 6) is -2.86. The highest BCUT2D eigenvalue weighted by Crippen LogP contribution is 2.66. The van der Waals surface area contributed by atoms with E-state index in [1.165, 1.54) is 13.0 Å². The molecule has 3 fully saturated rings. The molecule has 4 aliphatic rings. The van der Waals surface area contributed by atoms with Crippen molar-refractivity contribution in [2.75, 3.05) is 0 Å². The molecule has 0 heterocycles. The lowest BCUT2D eigenvalue weighted by molar-refractivity contribution is -0.159. The van der Waals surface area contributed by atoms with Gasteiger partial charge in [-0.1, -0.05) is 19.4 Å². The number of carbonyl (C=O) groups is 3. The van der Waals surface area contributed by atoms with Crippen molar-refractivity contribution in [3.8, 4) is 0 Å². The van der Waals surface area contributed by atoms with Crippen LogP contribution in [0.3, 0.4) is 0 Å². The average molecular weight is 469 g/mol. The van der Waals surface area contributed by atoms with Gasteiger partial charge >= 0.3 is 18.1 Å². The van der Waals surface area contributed by atoms with E-state index in [4.69, 9.17) is 4.74 Å². The van der Waals surface area contributed by atoms with Gasteiger partial charge < -0.3 is 9.47 Å². The molecule has 4 aliphatic carbocycles. The predicted octanol–water partition coefficient (Wildman–Crippen LogP) is 5.44. The van der Waals surface area contributed by atoms with Gasteiger partial charge in [-0.05, 0) is 74.2 Å². The van der Waals surface area contributed by atoms with Crippen LogP contribution in [0.25, 0.3) is 0 Å². The fourth-order valence-electron chi connectivity index (χ4n) is 7.48. The smallest absolute Gasteiger partial charge is 0.450 e. The summed E-state index contributed by atoms with van der Waals surface area (Å²) < 4.78 is 51.4. The van der Waals surface area contributed by atoms with Crippen LogP contribution in [0.1, 0.15) is 72.6 Å². The van der Waals surface area contributed by atoms with Crippen LogP contribution >= 0.6 is 0 Å². The van der Waals surface area contributed by atoms with Crippen molar-refractivity contribution in [2.24, 2.45) is 28.6 Å². The van der Waals surface area contributed by atoms with E-state index in [1.54, 1.807) is 0 Å². The van der Waals surface area contributed by atoms with Crippen LogP contribution in [0.5, 0.6) is 0 Å². The first-order chi connectivity index (χ1) is 15.3. The molecule has 0 aromatic rings. The van der Waals surface area contributed by atoms with Crippen molar-refractivity contribution in [3.05, 3.63) is 23.0 Å². The van der Waals surface area contributed by atoms with Crippen LogP contribution in [0.2, 0.25) is 0 Å². The highest BCUT2D eigenvalue weighted by Gasteiger charge is 2.60. The quantitative estimate of drug-likeness (QED) is 0.307. The van der Waals surface area contributed by atoms with E-state index in [9.17, 15) is 27.6 Å². The molecule has 0 bridgehead atoms. The van der Waals surface area contributed by atoms with Crippen molar-refractivity contribution < 1.29 is 37.0 Å². The average Bonchev–Trinajstić information content (AvgIpc) is 3.01. The maximum atomic E-state index is 13.7. The van der Waals surface area contributed by atoms with Gasteiger partial charge in [0, 0.05) is 24.8 Å². The molecule has 0 N–H and O–H groups in total. The van der Waals surface area contributed by atoms with Crippen LogP contribution in [-0.4, -0.2) is 30.0 Å². The summed E-state index contributed by atoms with van der Waals surface area (Å²) in [6, 6.07) is 0. The fourth-order valence-corrected chi connectivity index (χ4v) is 7.48. The maximum Gasteiger partial charge on any atom is 0.450 e. The summed E-state index contributed by atoms with van der Waals surface area (Å²) in [6.07, 6.45) is 1.09. The Kier molecular flexibility index (Phi) is 5.81. The topological polar surface area (TPSA) is 69.7 Å². The first-order valence-corrected chi connectivity index (χ1v) is 11.7. The van der Waals surface area contributed by atoms with E-state index in [0.29, 0.717) is 12.3 Å². The summed E-state index contributed by atoms with van der Waals surface area (Å²) in [7, 11) is 0. The van der Waals surface area contributed by atoms with Gasteiger partial charge in [0.05, 0.1) is 0 Å². The third-order valence-electron chi connectivity index (χ3n) is 8.88. The lowest BCUT2D eigenvalue weighted by Gasteiger charge is -2.58. The largest absolute Gasteiger partial charge is 0.462 e. The number of halogens is 3. The normalized spacial score (nSPS) is 39.6. The molecule has 0 spiro atoms. The fraction of sp³-hybridized carbons (Fsp3) is 0.720. The van der Waals surface area contributed by atoms with Gasteiger partial charge in [0.25, 0.3) is 0 Å². The highest BCUT2D eigenvalue weighted by molar-refractivity contribution is 6.06. The van der Waals surface area contributed by atoms with Crippen LogP contribution in [-0.2, 0) is 23.9 Å². The Labute approximate surface area is 191 Å². The zero-order valence-corrected chi connectivity index (χ0v) is 19.5. The van der Waals surface area contributed by atoms with Gasteiger partial charge in [0.1, 0.15) is 6.10 Å². The molecule has 8 heteroatoms. The van der Waals surface area contributed by atoms with Crippen LogP contribution in [0.15, 0.2) is 23.0 Å². The molecule has 0 radical (unpaired) electrons. The van der Waals surface area contributed by atoms with Crippen molar-refractivity contribution in [2.45, 2.75) is 84.9 Å². The Bertz CT molecular complexity index is 948. The number of allylic oxidation sites excluding steroid dienone is 3. The van der Waals surface area contributed by atoms with Crippen molar-refractivity contribution in [3.63, 3.8) is 0 Å². The number of ketones is 1. The molecule has 0 amide bonds. The third kappa shape index (κ3) is 3.93. The molecule has 33 heavy (non-hydrogen) atoms. The molecule has 5 nitrogen and oxygen atoms in total. The first kappa shape index (κ1) is 24.0. The van der Waals surface area contributed by atoms with Gasteiger partial charge in [-0.25, -0.2) is 0 Å². The van der Waals surface area contributed by atoms with Crippen molar-refractivity contribution in [1.82, 2.24) is 0 Å². The second kappa shape index (κ2) is 7.98. The Balaban J connectivity index is 1.70. The maximum absolute atomic E-state index is 13.7. The second-order valence-corrected chi connectivity index (χ2v) is 10.7. The van der Waals surface area contributed by atoms with E-state index >= 15 is 0 Å². The molecular formula is C25H31F3O5. The molecule has 0 aliphatic heterocycles. The molecule has 182 valence electrons. The van der Waals surface area contributed by atoms with Crippen molar-refractivity contribution in [1.29, 1.82) is 0 Å². The van der Waals surface area contributed by atoms with Gasteiger partial charge in [-0.15, -0.1) is 0 Å². The van der Waals surface area contributed by atoms with Gasteiger partial charge in [0.15, 0.2) is 5.78 Å². The molecule has 4 rings (SSSR count). The number of hydrogen-bond acceptors (Lipinski definition) is 5. The van der Waals surface area contributed by atoms with E-state index in [1.807, 2.05) is 6.92 Å². The lowest BCUT2D eigenvalue weighted by atomic mass is 9.47. The Hall–Kier alpha value is -2.12. The minimum Gasteiger partial charge on any atom is -0.462 e. The summed E-state index contributed by atoms with van der Waals surface area (Å²) >= 11 is 0. The minimum atomic E-state index is -4.93. The van der Waals surface area contributed by atoms with Gasteiger partial charge in [-0.3, -0.25) is 14.4 Å². The van der Waals surface area contributed by atoms with Crippen LogP contribution in [0, 0.1) is 28.6 Å². The van der Waals surface area contributed by atoms with E-state index < -0.39 is 34.7 Å². The molecule has 6 atom stereocenters. The number of rotatable bonds is 2. The SMILES string of the molecule is CC(=O)O/C(=C1/C[C@@]2(C)C(=CC1=O)CC[C@H]1[C@@H]3CC[C@H](OC(C)=O)[C@@]3(C)CC[C@@H]12)C(F)(F)F. The highest BCUT2D eigenvalue weighted by atomic mass is 19.4. The minimum absolute atomic E-state index is 0.0856. The standard InChI is InChI=1S/C25H31F3O5/c1-13(29)32-21-8-7-18-16-6-5-15-11-20(31)17(22(25(26,27)28)33-14(2)30)12-24(15,4)19(16)9-10-23(18,21)3/h11,16,18-19,21H,5-10,12H2,1-4H3/b22-17-/t16-,18-,19-,21-,23-,24-/m0/s1. The number of hydrogen-bond donors (Lipinski definition) is 0. The zero-order chi connectivity index (χ0) is 24.3. The third-order valence-corrected chi connectivity index (χ3v) is 8.88. The van der Waals surface area contributed by atoms with E-state index in [2.05, 4.69) is 11.7 Å². The number of carbonyl (C=O) groups excluding carboxylic acids is 3. The number of ether oxygens (including phenoxy) is 2. The summed E-state index contributed by atoms with van der Waals surface area (Å²) in [4.78, 5) is 35.7. The predicted molar refractivity (Wildman–Crippen MR) is 112 cm³/mol. The molecule has 0 aromatic carbocycles. The van der Waals surface area contributed by atoms with Crippen molar-refractivity contribution >= 4 is 17.7 Å². The molecular weight excluding hydrogens is 437 g/mol. The Morgan fingerprint density at radius 2 is 1.73 bits per heavy atom. The summed E-state index contributed by atoms with van der Waals surface area (Å²) in [6.45, 7) is 6.47. The molecule has 0 unspecified atom stereocenters. The Morgan fingerprint density at radius 1 is 1.03 bits per heavy atom. The first-order valence-electron chi connectivity index (χ1n) is 11.7. The molecule has 3 saturated carbocycles. The van der Waals surface area contributed by atoms with E-state index in [-0.39, 0.29) is 35.7 Å². The summed E-state index contributed by atoms with van der Waals surface area (Å²) in [5, 5.41) is 0. The van der Waals surface area contributed by atoms with E-state index in [0.717, 1.165) is 44.6 Å². The van der Waals surface area contributed by atoms with Crippen LogP contribution in [0.4, 0.5) is 13.2 Å². The second-order valence-electron chi connectivity index (χ2n) is 10.7. The lowest BCUT2D eigenvalue weighted by Crippen LogP contribution is -2.52. The number of fused-ring (bicyclic) bond motifs is 5. The Morgan fingerprint density at radius 3 is 2.33 bits per heavy atom. The number of alkyl halides is 3. The summed E-state index contributed by atoms with van der Waals surface area (Å²) in [5.41, 5.74) is -0.298. The zero-order valence-electron chi connectivity index (χ0n) is 19.5. The van der Waals surface area contributed by atoms with Gasteiger partial charge in [0.2, 0.25) is 5.76 Å². The molecule has 0 aromatic heterocycles. The molecule has 0 saturated heterocycles. The number of esters is 2.